The van der Waals surface area contributed by atoms with E-state index in [1.807, 2.05) is 0 Å². The van der Waals surface area contributed by atoms with Crippen LogP contribution in [0.2, 0.25) is 0 Å². The summed E-state index contributed by atoms with van der Waals surface area (Å²) in [5, 5.41) is 3.76. The number of hydrazone groups is 1. The van der Waals surface area contributed by atoms with Gasteiger partial charge in [0.1, 0.15) is 11.9 Å². The summed E-state index contributed by atoms with van der Waals surface area (Å²) in [6.07, 6.45) is 1.09. The predicted molar refractivity (Wildman–Crippen MR) is 131 cm³/mol. The summed E-state index contributed by atoms with van der Waals surface area (Å²) in [5.41, 5.74) is 2.34. The Bertz CT molecular complexity index is 1470. The molecule has 36 heavy (non-hydrogen) atoms. The summed E-state index contributed by atoms with van der Waals surface area (Å²) < 4.78 is 69.0. The summed E-state index contributed by atoms with van der Waals surface area (Å²) in [4.78, 5) is 13.1. The van der Waals surface area contributed by atoms with Crippen LogP contribution in [0.3, 0.4) is 0 Å². The van der Waals surface area contributed by atoms with Gasteiger partial charge >= 0.3 is 0 Å². The zero-order valence-electron chi connectivity index (χ0n) is 18.9. The molecule has 3 aromatic rings. The lowest BCUT2D eigenvalue weighted by Gasteiger charge is -2.38. The van der Waals surface area contributed by atoms with Crippen LogP contribution >= 0.6 is 0 Å². The van der Waals surface area contributed by atoms with Crippen LogP contribution < -0.4 is 5.43 Å². The van der Waals surface area contributed by atoms with E-state index in [2.05, 4.69) is 10.5 Å². The van der Waals surface area contributed by atoms with Gasteiger partial charge in [-0.15, -0.1) is 0 Å². The lowest BCUT2D eigenvalue weighted by atomic mass is 10.2. The zero-order chi connectivity index (χ0) is 25.8. The molecule has 1 aliphatic heterocycles. The van der Waals surface area contributed by atoms with E-state index in [4.69, 9.17) is 0 Å². The van der Waals surface area contributed by atoms with Crippen molar-refractivity contribution in [1.29, 1.82) is 0 Å². The molecule has 4 rings (SSSR count). The zero-order valence-corrected chi connectivity index (χ0v) is 20.6. The van der Waals surface area contributed by atoms with E-state index < -0.39 is 44.4 Å². The Hall–Kier alpha value is -3.45. The molecular weight excluding hydrogens is 507 g/mol. The van der Waals surface area contributed by atoms with Crippen molar-refractivity contribution >= 4 is 32.2 Å². The molecule has 0 saturated carbocycles. The third-order valence-electron chi connectivity index (χ3n) is 5.61. The highest BCUT2D eigenvalue weighted by Gasteiger charge is 2.43. The third-order valence-corrected chi connectivity index (χ3v) is 9.41. The molecule has 0 unspecified atom stereocenters. The molecule has 0 aliphatic carbocycles. The van der Waals surface area contributed by atoms with Crippen molar-refractivity contribution in [3.05, 3.63) is 96.3 Å². The minimum atomic E-state index is -4.13. The Labute approximate surface area is 209 Å². The number of sulfonamides is 2. The Morgan fingerprint density at radius 1 is 0.833 bits per heavy atom. The average molecular weight is 531 g/mol. The van der Waals surface area contributed by atoms with Gasteiger partial charge in [-0.2, -0.15) is 13.7 Å². The number of rotatable bonds is 7. The summed E-state index contributed by atoms with van der Waals surface area (Å²) >= 11 is 0. The van der Waals surface area contributed by atoms with E-state index in [1.165, 1.54) is 42.5 Å². The quantitative estimate of drug-likeness (QED) is 0.371. The van der Waals surface area contributed by atoms with Crippen LogP contribution in [0.1, 0.15) is 5.56 Å². The van der Waals surface area contributed by atoms with Gasteiger partial charge in [0, 0.05) is 25.2 Å². The van der Waals surface area contributed by atoms with Gasteiger partial charge in [-0.3, -0.25) is 4.79 Å². The fraction of sp³-hybridized carbons (Fsp3) is 0.167. The van der Waals surface area contributed by atoms with Crippen molar-refractivity contribution < 1.29 is 26.0 Å². The topological polar surface area (TPSA) is 116 Å². The average Bonchev–Trinajstić information content (AvgIpc) is 2.90. The molecule has 0 spiro atoms. The van der Waals surface area contributed by atoms with Crippen LogP contribution in [0, 0.1) is 5.82 Å². The molecule has 1 heterocycles. The highest BCUT2D eigenvalue weighted by Crippen LogP contribution is 2.25. The molecule has 0 radical (unpaired) electrons. The maximum absolute atomic E-state index is 13.9. The van der Waals surface area contributed by atoms with Gasteiger partial charge in [-0.05, 0) is 30.3 Å². The summed E-state index contributed by atoms with van der Waals surface area (Å²) in [5.74, 6) is -1.41. The maximum atomic E-state index is 13.9. The Morgan fingerprint density at radius 3 is 2.00 bits per heavy atom. The van der Waals surface area contributed by atoms with Gasteiger partial charge in [0.15, 0.2) is 0 Å². The van der Waals surface area contributed by atoms with Crippen LogP contribution in [-0.2, 0) is 24.8 Å². The molecule has 0 bridgehead atoms. The minimum absolute atomic E-state index is 0.0288. The van der Waals surface area contributed by atoms with E-state index >= 15 is 0 Å². The largest absolute Gasteiger partial charge is 0.271 e. The first-order valence-corrected chi connectivity index (χ1v) is 13.8. The van der Waals surface area contributed by atoms with Gasteiger partial charge in [-0.1, -0.05) is 54.6 Å². The van der Waals surface area contributed by atoms with Crippen LogP contribution in [0.5, 0.6) is 0 Å². The number of nitrogens with one attached hydrogen (secondary N) is 1. The normalized spacial score (nSPS) is 17.8. The standard InChI is InChI=1S/C24H23FN4O5S2/c25-22-14-8-7-9-19(22)17-26-27-24(30)23-18-28(35(31,32)20-10-3-1-4-11-20)15-16-29(23)36(33,34)21-12-5-2-6-13-21/h1-14,17,23H,15-16,18H2,(H,27,30)/b26-17-/t23-/m1/s1. The number of benzene rings is 3. The fourth-order valence-corrected chi connectivity index (χ4v) is 6.80. The Balaban J connectivity index is 1.63. The van der Waals surface area contributed by atoms with Crippen molar-refractivity contribution in [2.45, 2.75) is 15.8 Å². The van der Waals surface area contributed by atoms with Crippen molar-refractivity contribution in [2.75, 3.05) is 19.6 Å². The van der Waals surface area contributed by atoms with Crippen molar-refractivity contribution in [3.63, 3.8) is 0 Å². The second-order valence-electron chi connectivity index (χ2n) is 7.88. The molecule has 12 heteroatoms. The highest BCUT2D eigenvalue weighted by molar-refractivity contribution is 7.89. The SMILES string of the molecule is O=C(N/N=C\c1ccccc1F)[C@H]1CN(S(=O)(=O)c2ccccc2)CCN1S(=O)(=O)c1ccccc1. The number of nitrogens with zero attached hydrogens (tertiary/aromatic N) is 3. The molecule has 0 aromatic heterocycles. The molecule has 9 nitrogen and oxygen atoms in total. The first-order valence-electron chi connectivity index (χ1n) is 10.9. The van der Waals surface area contributed by atoms with Crippen LogP contribution in [0.15, 0.2) is 99.8 Å². The number of hydrogen-bond donors (Lipinski definition) is 1. The molecule has 1 amide bonds. The monoisotopic (exact) mass is 530 g/mol. The van der Waals surface area contributed by atoms with Crippen molar-refractivity contribution in [3.8, 4) is 0 Å². The van der Waals surface area contributed by atoms with Gasteiger partial charge in [0.05, 0.1) is 16.0 Å². The molecule has 1 saturated heterocycles. The van der Waals surface area contributed by atoms with E-state index in [0.717, 1.165) is 14.8 Å². The second kappa shape index (κ2) is 10.7. The first kappa shape index (κ1) is 25.6. The smallest absolute Gasteiger partial charge is 0.259 e. The lowest BCUT2D eigenvalue weighted by Crippen LogP contribution is -2.60. The van der Waals surface area contributed by atoms with Crippen LogP contribution in [-0.4, -0.2) is 63.2 Å². The van der Waals surface area contributed by atoms with E-state index in [9.17, 15) is 26.0 Å². The molecule has 3 aromatic carbocycles. The van der Waals surface area contributed by atoms with E-state index in [-0.39, 0.29) is 28.4 Å². The highest BCUT2D eigenvalue weighted by atomic mass is 32.2. The van der Waals surface area contributed by atoms with Gasteiger partial charge < -0.3 is 0 Å². The molecule has 1 atom stereocenters. The molecule has 188 valence electrons. The number of halogens is 1. The Morgan fingerprint density at radius 2 is 1.39 bits per heavy atom. The Kier molecular flexibility index (Phi) is 7.59. The minimum Gasteiger partial charge on any atom is -0.271 e. The molecule has 1 N–H and O–H groups in total. The number of carbonyl (C=O) groups excluding carboxylic acids is 1. The molecule has 1 fully saturated rings. The van der Waals surface area contributed by atoms with Crippen LogP contribution in [0.4, 0.5) is 4.39 Å². The predicted octanol–water partition coefficient (Wildman–Crippen LogP) is 2.04. The fourth-order valence-electron chi connectivity index (χ4n) is 3.75. The number of piperazine rings is 1. The van der Waals surface area contributed by atoms with E-state index in [0.29, 0.717) is 0 Å². The molecule has 1 aliphatic rings. The van der Waals surface area contributed by atoms with Gasteiger partial charge in [0.2, 0.25) is 20.0 Å². The number of hydrogen-bond acceptors (Lipinski definition) is 6. The molecular formula is C24H23FN4O5S2. The van der Waals surface area contributed by atoms with Crippen molar-refractivity contribution in [1.82, 2.24) is 14.0 Å². The summed E-state index contributed by atoms with van der Waals surface area (Å²) in [6.45, 7) is -0.825. The van der Waals surface area contributed by atoms with E-state index in [1.54, 1.807) is 42.5 Å². The maximum Gasteiger partial charge on any atom is 0.259 e. The van der Waals surface area contributed by atoms with Crippen LogP contribution in [0.25, 0.3) is 0 Å². The number of amides is 1. The van der Waals surface area contributed by atoms with Gasteiger partial charge in [-0.25, -0.2) is 26.7 Å². The first-order chi connectivity index (χ1) is 17.2. The third kappa shape index (κ3) is 5.36. The lowest BCUT2D eigenvalue weighted by molar-refractivity contribution is -0.125. The van der Waals surface area contributed by atoms with Gasteiger partial charge in [0.25, 0.3) is 5.91 Å². The summed E-state index contributed by atoms with van der Waals surface area (Å²) in [7, 11) is -8.12. The number of carbonyl (C=O) groups is 1. The van der Waals surface area contributed by atoms with Crippen molar-refractivity contribution in [2.24, 2.45) is 5.10 Å². The second-order valence-corrected chi connectivity index (χ2v) is 11.7. The summed E-state index contributed by atoms with van der Waals surface area (Å²) in [6, 6.07) is 19.6.